The van der Waals surface area contributed by atoms with E-state index in [4.69, 9.17) is 25.4 Å². The molecule has 0 fully saturated rings. The van der Waals surface area contributed by atoms with Gasteiger partial charge in [0.25, 0.3) is 0 Å². The van der Waals surface area contributed by atoms with Crippen LogP contribution in [0.3, 0.4) is 0 Å². The first-order valence-corrected chi connectivity index (χ1v) is 8.15. The van der Waals surface area contributed by atoms with Crippen molar-refractivity contribution in [3.05, 3.63) is 22.9 Å². The van der Waals surface area contributed by atoms with E-state index in [1.807, 2.05) is 13.8 Å². The van der Waals surface area contributed by atoms with Crippen LogP contribution < -0.4 is 4.52 Å². The van der Waals surface area contributed by atoms with Crippen LogP contribution in [-0.4, -0.2) is 18.2 Å². The summed E-state index contributed by atoms with van der Waals surface area (Å²) in [6, 6.07) is 3.52. The summed E-state index contributed by atoms with van der Waals surface area (Å²) in [5.74, 6) is 0.535. The van der Waals surface area contributed by atoms with Crippen molar-refractivity contribution in [2.75, 3.05) is 13.2 Å². The smallest absolute Gasteiger partial charge is 0.380 e. The lowest BCUT2D eigenvalue weighted by Crippen LogP contribution is -2.02. The van der Waals surface area contributed by atoms with Crippen molar-refractivity contribution in [2.24, 2.45) is 0 Å². The Morgan fingerprint density at radius 2 is 2.00 bits per heavy atom. The van der Waals surface area contributed by atoms with Gasteiger partial charge in [-0.05, 0) is 41.9 Å². The van der Waals surface area contributed by atoms with Crippen molar-refractivity contribution in [1.82, 2.24) is 4.98 Å². The molecule has 0 spiro atoms. The van der Waals surface area contributed by atoms with E-state index in [0.29, 0.717) is 23.6 Å². The molecular formula is C9H13BrNO3PS. The molecule has 16 heavy (non-hydrogen) atoms. The Hall–Kier alpha value is -0.000000000000000111. The number of halogens is 1. The van der Waals surface area contributed by atoms with Crippen LogP contribution in [0.25, 0.3) is 0 Å². The van der Waals surface area contributed by atoms with Crippen molar-refractivity contribution in [3.63, 3.8) is 0 Å². The largest absolute Gasteiger partial charge is 0.421 e. The highest BCUT2D eigenvalue weighted by Crippen LogP contribution is 2.50. The molecule has 0 aliphatic rings. The van der Waals surface area contributed by atoms with E-state index in [-0.39, 0.29) is 0 Å². The van der Waals surface area contributed by atoms with Crippen molar-refractivity contribution in [2.45, 2.75) is 13.8 Å². The third-order valence-corrected chi connectivity index (χ3v) is 4.53. The maximum absolute atomic E-state index is 5.59. The number of rotatable bonds is 6. The maximum atomic E-state index is 5.59. The fourth-order valence-corrected chi connectivity index (χ4v) is 3.50. The molecule has 1 aromatic rings. The van der Waals surface area contributed by atoms with E-state index in [1.165, 1.54) is 0 Å². The highest BCUT2D eigenvalue weighted by molar-refractivity contribution is 9.10. The third kappa shape index (κ3) is 4.11. The van der Waals surface area contributed by atoms with E-state index in [9.17, 15) is 0 Å². The SMILES string of the molecule is CCOP(=S)(OCC)Oc1cccnc1Br. The van der Waals surface area contributed by atoms with Crippen molar-refractivity contribution < 1.29 is 13.6 Å². The number of pyridine rings is 1. The lowest BCUT2D eigenvalue weighted by atomic mass is 10.5. The molecule has 1 rings (SSSR count). The van der Waals surface area contributed by atoms with Crippen molar-refractivity contribution >= 4 is 34.5 Å². The minimum absolute atomic E-state index is 0.454. The van der Waals surface area contributed by atoms with Crippen molar-refractivity contribution in [3.8, 4) is 5.75 Å². The van der Waals surface area contributed by atoms with E-state index < -0.39 is 6.72 Å². The molecule has 0 bridgehead atoms. The fourth-order valence-electron chi connectivity index (χ4n) is 0.966. The van der Waals surface area contributed by atoms with Gasteiger partial charge in [0.15, 0.2) is 5.75 Å². The Morgan fingerprint density at radius 1 is 1.38 bits per heavy atom. The van der Waals surface area contributed by atoms with Crippen LogP contribution in [0.2, 0.25) is 0 Å². The van der Waals surface area contributed by atoms with E-state index in [1.54, 1.807) is 18.3 Å². The topological polar surface area (TPSA) is 40.6 Å². The van der Waals surface area contributed by atoms with Crippen molar-refractivity contribution in [1.29, 1.82) is 0 Å². The Kier molecular flexibility index (Phi) is 5.86. The Balaban J connectivity index is 2.83. The monoisotopic (exact) mass is 325 g/mol. The molecule has 0 N–H and O–H groups in total. The normalized spacial score (nSPS) is 11.4. The predicted molar refractivity (Wildman–Crippen MR) is 70.1 cm³/mol. The van der Waals surface area contributed by atoms with Crippen LogP contribution in [0.4, 0.5) is 0 Å². The van der Waals surface area contributed by atoms with Gasteiger partial charge in [-0.2, -0.15) is 0 Å². The predicted octanol–water partition coefficient (Wildman–Crippen LogP) is 3.52. The van der Waals surface area contributed by atoms with E-state index in [2.05, 4.69) is 20.9 Å². The summed E-state index contributed by atoms with van der Waals surface area (Å²) in [5.41, 5.74) is 0. The molecule has 0 saturated heterocycles. The van der Waals surface area contributed by atoms with E-state index >= 15 is 0 Å². The summed E-state index contributed by atoms with van der Waals surface area (Å²) in [6.45, 7) is 1.90. The first kappa shape index (κ1) is 14.1. The molecular weight excluding hydrogens is 313 g/mol. The molecule has 0 aliphatic carbocycles. The standard InChI is InChI=1S/C9H13BrNO3PS/c1-3-12-15(16,13-4-2)14-8-6-5-7-11-9(8)10/h5-7H,3-4H2,1-2H3. The van der Waals surface area contributed by atoms with Crippen LogP contribution >= 0.6 is 22.6 Å². The summed E-state index contributed by atoms with van der Waals surface area (Å²) in [5, 5.41) is 0. The first-order chi connectivity index (χ1) is 7.61. The molecule has 1 heterocycles. The molecule has 1 aromatic heterocycles. The Bertz CT molecular complexity index is 381. The molecule has 4 nitrogen and oxygen atoms in total. The van der Waals surface area contributed by atoms with Gasteiger partial charge in [-0.15, -0.1) is 0 Å². The summed E-state index contributed by atoms with van der Waals surface area (Å²) < 4.78 is 16.9. The first-order valence-electron chi connectivity index (χ1n) is 4.80. The molecule has 7 heteroatoms. The average molecular weight is 326 g/mol. The minimum Gasteiger partial charge on any atom is -0.421 e. The lowest BCUT2D eigenvalue weighted by Gasteiger charge is -2.21. The van der Waals surface area contributed by atoms with Crippen LogP contribution in [0.15, 0.2) is 22.9 Å². The Labute approximate surface area is 109 Å². The highest BCUT2D eigenvalue weighted by Gasteiger charge is 2.22. The van der Waals surface area contributed by atoms with Gasteiger partial charge >= 0.3 is 6.72 Å². The third-order valence-electron chi connectivity index (χ3n) is 1.51. The molecule has 0 radical (unpaired) electrons. The van der Waals surface area contributed by atoms with Gasteiger partial charge in [-0.3, -0.25) is 9.05 Å². The van der Waals surface area contributed by atoms with Crippen LogP contribution in [0, 0.1) is 0 Å². The quantitative estimate of drug-likeness (QED) is 0.591. The van der Waals surface area contributed by atoms with Gasteiger partial charge in [-0.25, -0.2) is 4.98 Å². The molecule has 0 atom stereocenters. The van der Waals surface area contributed by atoms with E-state index in [0.717, 1.165) is 0 Å². The molecule has 0 aliphatic heterocycles. The second-order valence-electron chi connectivity index (χ2n) is 2.67. The van der Waals surface area contributed by atoms with Gasteiger partial charge < -0.3 is 4.52 Å². The maximum Gasteiger partial charge on any atom is 0.380 e. The summed E-state index contributed by atoms with van der Waals surface area (Å²) in [7, 11) is 0. The lowest BCUT2D eigenvalue weighted by molar-refractivity contribution is 0.217. The molecule has 0 aromatic carbocycles. The molecule has 0 unspecified atom stereocenters. The summed E-state index contributed by atoms with van der Waals surface area (Å²) in [4.78, 5) is 4.04. The van der Waals surface area contributed by atoms with Gasteiger partial charge in [0.05, 0.1) is 13.2 Å². The molecule has 0 amide bonds. The second-order valence-corrected chi connectivity index (χ2v) is 6.35. The highest BCUT2D eigenvalue weighted by atomic mass is 79.9. The Morgan fingerprint density at radius 3 is 2.50 bits per heavy atom. The van der Waals surface area contributed by atoms with Crippen LogP contribution in [-0.2, 0) is 20.9 Å². The zero-order valence-corrected chi connectivity index (χ0v) is 12.3. The summed E-state index contributed by atoms with van der Waals surface area (Å²) >= 11 is 8.51. The number of hydrogen-bond acceptors (Lipinski definition) is 5. The fraction of sp³-hybridized carbons (Fsp3) is 0.444. The van der Waals surface area contributed by atoms with Gasteiger partial charge in [0.1, 0.15) is 4.60 Å². The van der Waals surface area contributed by atoms with Crippen LogP contribution in [0.5, 0.6) is 5.75 Å². The van der Waals surface area contributed by atoms with Gasteiger partial charge in [-0.1, -0.05) is 0 Å². The molecule has 90 valence electrons. The summed E-state index contributed by atoms with van der Waals surface area (Å²) in [6.07, 6.45) is 1.65. The second kappa shape index (κ2) is 6.67. The van der Waals surface area contributed by atoms with Gasteiger partial charge in [0.2, 0.25) is 0 Å². The number of nitrogens with zero attached hydrogens (tertiary/aromatic N) is 1. The number of aromatic nitrogens is 1. The zero-order valence-electron chi connectivity index (χ0n) is 9.05. The minimum atomic E-state index is -2.70. The van der Waals surface area contributed by atoms with Crippen LogP contribution in [0.1, 0.15) is 13.8 Å². The number of hydrogen-bond donors (Lipinski definition) is 0. The zero-order chi connectivity index (χ0) is 12.0. The molecule has 0 saturated carbocycles. The van der Waals surface area contributed by atoms with Gasteiger partial charge in [0, 0.05) is 18.0 Å². The average Bonchev–Trinajstić information content (AvgIpc) is 2.22.